The van der Waals surface area contributed by atoms with E-state index in [1.165, 1.54) is 0 Å². The van der Waals surface area contributed by atoms with Gasteiger partial charge in [-0.25, -0.2) is 0 Å². The summed E-state index contributed by atoms with van der Waals surface area (Å²) in [6, 6.07) is 0. The Balaban J connectivity index is 0. The van der Waals surface area contributed by atoms with Gasteiger partial charge in [0.2, 0.25) is 0 Å². The van der Waals surface area contributed by atoms with Gasteiger partial charge in [0.15, 0.2) is 0 Å². The van der Waals surface area contributed by atoms with Crippen LogP contribution in [0.3, 0.4) is 0 Å². The highest BCUT2D eigenvalue weighted by Crippen LogP contribution is 1.91. The Morgan fingerprint density at radius 3 is 1.18 bits per heavy atom. The van der Waals surface area contributed by atoms with Crippen LogP contribution >= 0.6 is 0 Å². The fraction of sp³-hybridized carbons (Fsp3) is 0.444. The summed E-state index contributed by atoms with van der Waals surface area (Å²) in [5, 5.41) is 0. The van der Waals surface area contributed by atoms with Gasteiger partial charge in [0.1, 0.15) is 0 Å². The highest BCUT2D eigenvalue weighted by molar-refractivity contribution is 5.23. The molecule has 0 amide bonds. The normalized spacial score (nSPS) is 11.3. The third-order valence-electron chi connectivity index (χ3n) is 0.556. The van der Waals surface area contributed by atoms with Crippen LogP contribution < -0.4 is 11.5 Å². The van der Waals surface area contributed by atoms with Crippen LogP contribution in [0.4, 0.5) is 0 Å². The van der Waals surface area contributed by atoms with Crippen LogP contribution in [0.1, 0.15) is 13.8 Å². The highest BCUT2D eigenvalue weighted by atomic mass is 14.5. The Morgan fingerprint density at radius 1 is 0.818 bits per heavy atom. The van der Waals surface area contributed by atoms with Gasteiger partial charge in [-0.3, -0.25) is 0 Å². The fourth-order valence-corrected chi connectivity index (χ4v) is 0.321. The van der Waals surface area contributed by atoms with E-state index in [0.29, 0.717) is 0 Å². The van der Waals surface area contributed by atoms with Crippen molar-refractivity contribution in [1.82, 2.24) is 0 Å². The topological polar surface area (TPSA) is 52.0 Å². The van der Waals surface area contributed by atoms with Gasteiger partial charge in [-0.05, 0) is 13.1 Å². The van der Waals surface area contributed by atoms with Crippen molar-refractivity contribution >= 4 is 0 Å². The van der Waals surface area contributed by atoms with Crippen molar-refractivity contribution in [2.75, 3.05) is 13.1 Å². The van der Waals surface area contributed by atoms with Gasteiger partial charge < -0.3 is 11.5 Å². The van der Waals surface area contributed by atoms with Crippen molar-refractivity contribution in [3.05, 3.63) is 30.7 Å². The number of rotatable bonds is 0. The lowest BCUT2D eigenvalue weighted by atomic mass is 10.5. The molecule has 0 spiro atoms. The molecule has 0 bridgehead atoms. The summed E-state index contributed by atoms with van der Waals surface area (Å²) in [5.41, 5.74) is 9.69. The Labute approximate surface area is 70.0 Å². The van der Waals surface area contributed by atoms with E-state index in [2.05, 4.69) is 0 Å². The molecule has 65 valence electrons. The molecule has 11 heavy (non-hydrogen) atoms. The van der Waals surface area contributed by atoms with E-state index in [4.69, 9.17) is 11.5 Å². The van der Waals surface area contributed by atoms with Crippen LogP contribution in [0.15, 0.2) is 24.3 Å². The second kappa shape index (κ2) is 16.2. The average Bonchev–Trinajstić information content (AvgIpc) is 2.44. The summed E-state index contributed by atoms with van der Waals surface area (Å²) in [6.07, 6.45) is 10.0. The summed E-state index contributed by atoms with van der Waals surface area (Å²) >= 11 is 0. The van der Waals surface area contributed by atoms with Gasteiger partial charge in [0.25, 0.3) is 0 Å². The summed E-state index contributed by atoms with van der Waals surface area (Å²) < 4.78 is 0. The van der Waals surface area contributed by atoms with E-state index in [1.807, 2.05) is 44.6 Å². The molecule has 0 unspecified atom stereocenters. The largest absolute Gasteiger partial charge is 0.331 e. The summed E-state index contributed by atoms with van der Waals surface area (Å²) in [7, 11) is 0. The van der Waals surface area contributed by atoms with E-state index in [9.17, 15) is 0 Å². The molecule has 0 saturated heterocycles. The van der Waals surface area contributed by atoms with Crippen molar-refractivity contribution < 1.29 is 0 Å². The standard InChI is InChI=1S/C5H5.2C2H7N/c1-2-4-5-3-1;2*1-2-3/h1-5H;2*2-3H2,1H3. The molecule has 0 fully saturated rings. The number of allylic oxidation sites excluding steroid dienone is 4. The molecule has 0 atom stereocenters. The maximum absolute atomic E-state index is 4.85. The molecule has 0 aliphatic heterocycles. The van der Waals surface area contributed by atoms with Gasteiger partial charge in [0, 0.05) is 6.42 Å². The van der Waals surface area contributed by atoms with Gasteiger partial charge in [-0.15, -0.1) is 0 Å². The highest BCUT2D eigenvalue weighted by Gasteiger charge is 1.72. The maximum Gasteiger partial charge on any atom is 0.00506 e. The van der Waals surface area contributed by atoms with Crippen LogP contribution in [-0.4, -0.2) is 13.1 Å². The maximum atomic E-state index is 4.85. The second-order valence-electron chi connectivity index (χ2n) is 1.78. The summed E-state index contributed by atoms with van der Waals surface area (Å²) in [6.45, 7) is 5.31. The smallest absolute Gasteiger partial charge is 0.00506 e. The molecule has 1 aliphatic rings. The minimum absolute atomic E-state index is 0.750. The van der Waals surface area contributed by atoms with Gasteiger partial charge in [0.05, 0.1) is 0 Å². The number of hydrogen-bond acceptors (Lipinski definition) is 2. The van der Waals surface area contributed by atoms with Crippen molar-refractivity contribution in [2.24, 2.45) is 11.5 Å². The molecule has 0 aromatic heterocycles. The summed E-state index contributed by atoms with van der Waals surface area (Å²) in [4.78, 5) is 0. The van der Waals surface area contributed by atoms with Crippen LogP contribution in [-0.2, 0) is 0 Å². The predicted molar refractivity (Wildman–Crippen MR) is 52.0 cm³/mol. The van der Waals surface area contributed by atoms with Crippen LogP contribution in [0.5, 0.6) is 0 Å². The molecular formula is C9H19N2. The quantitative estimate of drug-likeness (QED) is 0.553. The van der Waals surface area contributed by atoms with Crippen molar-refractivity contribution in [3.63, 3.8) is 0 Å². The minimum Gasteiger partial charge on any atom is -0.331 e. The number of nitrogens with two attached hydrogens (primary N) is 2. The molecule has 0 heterocycles. The van der Waals surface area contributed by atoms with Crippen molar-refractivity contribution in [3.8, 4) is 0 Å². The Bertz CT molecular complexity index is 83.7. The molecule has 4 N–H and O–H groups in total. The zero-order chi connectivity index (χ0) is 8.95. The lowest BCUT2D eigenvalue weighted by molar-refractivity contribution is 1.14. The predicted octanol–water partition coefficient (Wildman–Crippen LogP) is 1.25. The molecule has 1 radical (unpaired) electrons. The molecule has 1 rings (SSSR count). The first kappa shape index (κ1) is 13.0. The molecule has 0 aromatic rings. The Hall–Kier alpha value is -0.600. The van der Waals surface area contributed by atoms with Crippen LogP contribution in [0.2, 0.25) is 0 Å². The van der Waals surface area contributed by atoms with Crippen LogP contribution in [0, 0.1) is 6.42 Å². The van der Waals surface area contributed by atoms with Gasteiger partial charge in [-0.2, -0.15) is 0 Å². The van der Waals surface area contributed by atoms with E-state index >= 15 is 0 Å². The first-order valence-corrected chi connectivity index (χ1v) is 3.90. The Morgan fingerprint density at radius 2 is 1.09 bits per heavy atom. The molecule has 1 aliphatic carbocycles. The van der Waals surface area contributed by atoms with Crippen molar-refractivity contribution in [2.45, 2.75) is 13.8 Å². The van der Waals surface area contributed by atoms with E-state index in [0.717, 1.165) is 13.1 Å². The average molecular weight is 155 g/mol. The SMILES string of the molecule is CCN.CCN.[CH]1C=CC=C1. The molecule has 0 saturated carbocycles. The second-order valence-corrected chi connectivity index (χ2v) is 1.78. The molecule has 2 heteroatoms. The summed E-state index contributed by atoms with van der Waals surface area (Å²) in [5.74, 6) is 0. The van der Waals surface area contributed by atoms with Gasteiger partial charge >= 0.3 is 0 Å². The van der Waals surface area contributed by atoms with E-state index in [-0.39, 0.29) is 0 Å². The fourth-order valence-electron chi connectivity index (χ4n) is 0.321. The zero-order valence-electron chi connectivity index (χ0n) is 7.46. The first-order valence-electron chi connectivity index (χ1n) is 3.90. The van der Waals surface area contributed by atoms with Gasteiger partial charge in [-0.1, -0.05) is 38.2 Å². The lowest BCUT2D eigenvalue weighted by Crippen LogP contribution is -1.87. The minimum atomic E-state index is 0.750. The Kier molecular flexibility index (Phi) is 19.2. The van der Waals surface area contributed by atoms with Crippen molar-refractivity contribution in [1.29, 1.82) is 0 Å². The number of hydrogen-bond donors (Lipinski definition) is 2. The monoisotopic (exact) mass is 155 g/mol. The third kappa shape index (κ3) is 26.6. The molecular weight excluding hydrogens is 136 g/mol. The lowest BCUT2D eigenvalue weighted by Gasteiger charge is -1.56. The van der Waals surface area contributed by atoms with Crippen LogP contribution in [0.25, 0.3) is 0 Å². The third-order valence-corrected chi connectivity index (χ3v) is 0.556. The van der Waals surface area contributed by atoms with E-state index in [1.54, 1.807) is 0 Å². The van der Waals surface area contributed by atoms with E-state index < -0.39 is 0 Å². The molecule has 0 aromatic carbocycles. The first-order chi connectivity index (χ1) is 5.33. The molecule has 2 nitrogen and oxygen atoms in total. The zero-order valence-corrected chi connectivity index (χ0v) is 7.46.